The van der Waals surface area contributed by atoms with Gasteiger partial charge in [0.25, 0.3) is 0 Å². The molecule has 0 bridgehead atoms. The van der Waals surface area contributed by atoms with E-state index in [4.69, 9.17) is 0 Å². The maximum atomic E-state index is 11.2. The summed E-state index contributed by atoms with van der Waals surface area (Å²) >= 11 is 0. The van der Waals surface area contributed by atoms with Crippen LogP contribution in [0, 0.1) is 16.7 Å². The van der Waals surface area contributed by atoms with Crippen LogP contribution in [0.5, 0.6) is 0 Å². The zero-order chi connectivity index (χ0) is 12.6. The molecule has 0 aliphatic carbocycles. The number of carboxylic acid groups (broad SMARTS) is 1. The van der Waals surface area contributed by atoms with Gasteiger partial charge in [0.1, 0.15) is 0 Å². The van der Waals surface area contributed by atoms with E-state index < -0.39 is 5.97 Å². The van der Waals surface area contributed by atoms with Gasteiger partial charge in [0, 0.05) is 19.6 Å². The minimum Gasteiger partial charge on any atom is -0.481 e. The van der Waals surface area contributed by atoms with Gasteiger partial charge in [0.05, 0.1) is 5.92 Å². The average molecular weight is 227 g/mol. The summed E-state index contributed by atoms with van der Waals surface area (Å²) in [5.41, 5.74) is 0.466. The smallest absolute Gasteiger partial charge is 0.307 e. The van der Waals surface area contributed by atoms with Crippen LogP contribution in [0.4, 0.5) is 0 Å². The Morgan fingerprint density at radius 1 is 1.38 bits per heavy atom. The lowest BCUT2D eigenvalue weighted by atomic mass is 9.81. The lowest BCUT2D eigenvalue weighted by Gasteiger charge is -2.47. The summed E-state index contributed by atoms with van der Waals surface area (Å²) in [4.78, 5) is 13.4. The van der Waals surface area contributed by atoms with Crippen LogP contribution in [0.15, 0.2) is 0 Å². The van der Waals surface area contributed by atoms with Crippen LogP contribution in [0.25, 0.3) is 0 Å². The van der Waals surface area contributed by atoms with E-state index in [1.165, 1.54) is 0 Å². The average Bonchev–Trinajstić information content (AvgIpc) is 1.96. The molecular formula is C13H25NO2. The molecule has 0 aromatic rings. The van der Waals surface area contributed by atoms with Gasteiger partial charge in [0.2, 0.25) is 0 Å². The molecule has 0 spiro atoms. The third-order valence-electron chi connectivity index (χ3n) is 2.99. The number of hydrogen-bond acceptors (Lipinski definition) is 2. The molecule has 1 rings (SSSR count). The second kappa shape index (κ2) is 4.36. The van der Waals surface area contributed by atoms with Gasteiger partial charge in [-0.1, -0.05) is 34.6 Å². The van der Waals surface area contributed by atoms with Crippen LogP contribution in [0.2, 0.25) is 0 Å². The molecular weight excluding hydrogens is 202 g/mol. The van der Waals surface area contributed by atoms with Crippen molar-refractivity contribution in [2.75, 3.05) is 19.6 Å². The number of likely N-dealkylation sites (tertiary alicyclic amines) is 1. The predicted octanol–water partition coefficient (Wildman–Crippen LogP) is 2.47. The van der Waals surface area contributed by atoms with E-state index in [-0.39, 0.29) is 11.3 Å². The fourth-order valence-electron chi connectivity index (χ4n) is 2.57. The van der Waals surface area contributed by atoms with E-state index in [0.29, 0.717) is 12.0 Å². The van der Waals surface area contributed by atoms with Gasteiger partial charge < -0.3 is 10.0 Å². The van der Waals surface area contributed by atoms with Crippen molar-refractivity contribution in [2.45, 2.75) is 41.0 Å². The Hall–Kier alpha value is -0.570. The normalized spacial score (nSPS) is 22.6. The third kappa shape index (κ3) is 4.12. The number of rotatable bonds is 4. The SMILES string of the molecule is CC(C)(C)CC(CN1CC(C)(C)C1)C(=O)O. The van der Waals surface area contributed by atoms with Gasteiger partial charge in [-0.15, -0.1) is 0 Å². The summed E-state index contributed by atoms with van der Waals surface area (Å²) in [5, 5.41) is 9.21. The van der Waals surface area contributed by atoms with Crippen LogP contribution in [-0.2, 0) is 4.79 Å². The number of hydrogen-bond donors (Lipinski definition) is 1. The molecule has 3 nitrogen and oxygen atoms in total. The van der Waals surface area contributed by atoms with Gasteiger partial charge in [0.15, 0.2) is 0 Å². The maximum absolute atomic E-state index is 11.2. The first-order valence-corrected chi connectivity index (χ1v) is 6.04. The Kier molecular flexibility index (Phi) is 3.68. The predicted molar refractivity (Wildman–Crippen MR) is 65.4 cm³/mol. The highest BCUT2D eigenvalue weighted by molar-refractivity contribution is 5.70. The van der Waals surface area contributed by atoms with E-state index in [0.717, 1.165) is 19.5 Å². The van der Waals surface area contributed by atoms with Gasteiger partial charge >= 0.3 is 5.97 Å². The Balaban J connectivity index is 2.44. The molecule has 1 heterocycles. The van der Waals surface area contributed by atoms with Crippen LogP contribution in [0.1, 0.15) is 41.0 Å². The van der Waals surface area contributed by atoms with Crippen LogP contribution < -0.4 is 0 Å². The highest BCUT2D eigenvalue weighted by Crippen LogP contribution is 2.31. The van der Waals surface area contributed by atoms with Gasteiger partial charge in [-0.25, -0.2) is 0 Å². The van der Waals surface area contributed by atoms with Gasteiger partial charge in [-0.2, -0.15) is 0 Å². The van der Waals surface area contributed by atoms with Crippen LogP contribution in [-0.4, -0.2) is 35.6 Å². The lowest BCUT2D eigenvalue weighted by molar-refractivity contribution is -0.144. The molecule has 94 valence electrons. The molecule has 0 radical (unpaired) electrons. The first-order valence-electron chi connectivity index (χ1n) is 6.04. The molecule has 0 aromatic heterocycles. The molecule has 1 aliphatic heterocycles. The number of nitrogens with zero attached hydrogens (tertiary/aromatic N) is 1. The molecule has 1 N–H and O–H groups in total. The largest absolute Gasteiger partial charge is 0.481 e. The number of aliphatic carboxylic acids is 1. The van der Waals surface area contributed by atoms with E-state index in [9.17, 15) is 9.90 Å². The lowest BCUT2D eigenvalue weighted by Crippen LogP contribution is -2.55. The molecule has 1 aliphatic rings. The molecule has 1 saturated heterocycles. The summed E-state index contributed by atoms with van der Waals surface area (Å²) in [6.07, 6.45) is 0.749. The fourth-order valence-corrected chi connectivity index (χ4v) is 2.57. The summed E-state index contributed by atoms with van der Waals surface area (Å²) in [5.74, 6) is -0.879. The molecule has 1 fully saturated rings. The molecule has 3 heteroatoms. The molecule has 1 unspecified atom stereocenters. The van der Waals surface area contributed by atoms with Crippen molar-refractivity contribution in [1.29, 1.82) is 0 Å². The molecule has 0 amide bonds. The number of carboxylic acids is 1. The second-order valence-corrected chi connectivity index (χ2v) is 7.13. The van der Waals surface area contributed by atoms with Crippen molar-refractivity contribution in [3.8, 4) is 0 Å². The van der Waals surface area contributed by atoms with Crippen molar-refractivity contribution in [3.63, 3.8) is 0 Å². The van der Waals surface area contributed by atoms with Crippen LogP contribution >= 0.6 is 0 Å². The maximum Gasteiger partial charge on any atom is 0.307 e. The highest BCUT2D eigenvalue weighted by Gasteiger charge is 2.37. The molecule has 1 atom stereocenters. The summed E-state index contributed by atoms with van der Waals surface area (Å²) in [6, 6.07) is 0. The third-order valence-corrected chi connectivity index (χ3v) is 2.99. The topological polar surface area (TPSA) is 40.5 Å². The van der Waals surface area contributed by atoms with Crippen LogP contribution in [0.3, 0.4) is 0 Å². The van der Waals surface area contributed by atoms with Crippen molar-refractivity contribution in [1.82, 2.24) is 4.90 Å². The van der Waals surface area contributed by atoms with Crippen molar-refractivity contribution in [3.05, 3.63) is 0 Å². The van der Waals surface area contributed by atoms with Crippen molar-refractivity contribution in [2.24, 2.45) is 16.7 Å². The number of carbonyl (C=O) groups is 1. The second-order valence-electron chi connectivity index (χ2n) is 7.13. The van der Waals surface area contributed by atoms with E-state index in [1.807, 2.05) is 0 Å². The Morgan fingerprint density at radius 3 is 2.19 bits per heavy atom. The Bertz CT molecular complexity index is 258. The monoisotopic (exact) mass is 227 g/mol. The quantitative estimate of drug-likeness (QED) is 0.802. The zero-order valence-corrected chi connectivity index (χ0v) is 11.2. The summed E-state index contributed by atoms with van der Waals surface area (Å²) < 4.78 is 0. The highest BCUT2D eigenvalue weighted by atomic mass is 16.4. The Labute approximate surface area is 98.8 Å². The van der Waals surface area contributed by atoms with E-state index in [2.05, 4.69) is 39.5 Å². The minimum atomic E-state index is -0.653. The van der Waals surface area contributed by atoms with Crippen molar-refractivity contribution < 1.29 is 9.90 Å². The molecule has 0 aromatic carbocycles. The fraction of sp³-hybridized carbons (Fsp3) is 0.923. The standard InChI is InChI=1S/C13H25NO2/c1-12(2,3)6-10(11(15)16)7-14-8-13(4,5)9-14/h10H,6-9H2,1-5H3,(H,15,16). The molecule has 16 heavy (non-hydrogen) atoms. The van der Waals surface area contributed by atoms with E-state index in [1.54, 1.807) is 0 Å². The zero-order valence-electron chi connectivity index (χ0n) is 11.2. The first-order chi connectivity index (χ1) is 7.09. The van der Waals surface area contributed by atoms with Gasteiger partial charge in [-0.05, 0) is 17.3 Å². The van der Waals surface area contributed by atoms with Gasteiger partial charge in [-0.3, -0.25) is 4.79 Å². The summed E-state index contributed by atoms with van der Waals surface area (Å²) in [6.45, 7) is 13.5. The minimum absolute atomic E-state index is 0.0867. The molecule has 0 saturated carbocycles. The summed E-state index contributed by atoms with van der Waals surface area (Å²) in [7, 11) is 0. The van der Waals surface area contributed by atoms with Crippen molar-refractivity contribution >= 4 is 5.97 Å². The van der Waals surface area contributed by atoms with E-state index >= 15 is 0 Å². The Morgan fingerprint density at radius 2 is 1.88 bits per heavy atom. The first kappa shape index (κ1) is 13.5.